The number of nitrogens with zero attached hydrogens (tertiary/aromatic N) is 3. The highest BCUT2D eigenvalue weighted by Gasteiger charge is 2.11. The fourth-order valence-corrected chi connectivity index (χ4v) is 2.53. The van der Waals surface area contributed by atoms with Gasteiger partial charge in [0.2, 0.25) is 0 Å². The van der Waals surface area contributed by atoms with E-state index in [2.05, 4.69) is 35.2 Å². The van der Waals surface area contributed by atoms with Gasteiger partial charge in [-0.15, -0.1) is 0 Å². The average molecular weight is 274 g/mol. The Hall–Kier alpha value is -2.88. The van der Waals surface area contributed by atoms with Crippen molar-refractivity contribution in [1.82, 2.24) is 19.7 Å². The van der Waals surface area contributed by atoms with Gasteiger partial charge in [-0.3, -0.25) is 0 Å². The van der Waals surface area contributed by atoms with Crippen LogP contribution in [0.2, 0.25) is 0 Å². The molecule has 2 aromatic heterocycles. The van der Waals surface area contributed by atoms with Gasteiger partial charge in [0.1, 0.15) is 5.82 Å². The lowest BCUT2D eigenvalue weighted by atomic mass is 10.1. The third kappa shape index (κ3) is 2.01. The topological polar surface area (TPSA) is 46.5 Å². The van der Waals surface area contributed by atoms with Gasteiger partial charge in [-0.2, -0.15) is 5.10 Å². The van der Waals surface area contributed by atoms with Crippen molar-refractivity contribution in [2.75, 3.05) is 0 Å². The van der Waals surface area contributed by atoms with Crippen LogP contribution in [0.3, 0.4) is 0 Å². The summed E-state index contributed by atoms with van der Waals surface area (Å²) in [6.45, 7) is 2.08. The molecule has 0 atom stereocenters. The minimum absolute atomic E-state index is 0.866. The Bertz CT molecular complexity index is 871. The predicted octanol–water partition coefficient (Wildman–Crippen LogP) is 3.72. The maximum absolute atomic E-state index is 4.70. The smallest absolute Gasteiger partial charge is 0.140 e. The minimum atomic E-state index is 0.866. The molecule has 0 saturated heterocycles. The van der Waals surface area contributed by atoms with E-state index in [-0.39, 0.29) is 0 Å². The largest absolute Gasteiger partial charge is 0.338 e. The summed E-state index contributed by atoms with van der Waals surface area (Å²) in [5.74, 6) is 0.866. The van der Waals surface area contributed by atoms with Crippen molar-refractivity contribution in [3.8, 4) is 17.1 Å². The van der Waals surface area contributed by atoms with Gasteiger partial charge in [0.15, 0.2) is 0 Å². The molecule has 0 spiro atoms. The number of rotatable bonds is 2. The van der Waals surface area contributed by atoms with Crippen molar-refractivity contribution in [3.63, 3.8) is 0 Å². The molecule has 21 heavy (non-hydrogen) atoms. The fourth-order valence-electron chi connectivity index (χ4n) is 2.53. The monoisotopic (exact) mass is 274 g/mol. The molecule has 2 aromatic carbocycles. The van der Waals surface area contributed by atoms with Crippen LogP contribution in [0.15, 0.2) is 60.9 Å². The molecule has 4 rings (SSSR count). The molecular weight excluding hydrogens is 260 g/mol. The highest BCUT2D eigenvalue weighted by Crippen LogP contribution is 2.27. The number of imidazole rings is 1. The standard InChI is InChI=1S/C17H14N4/c1-12-7-8-16(21-10-4-9-18-21)13(11-12)17-19-14-5-2-3-6-15(14)20-17/h2-11H,1H3,(H,19,20). The zero-order valence-electron chi connectivity index (χ0n) is 11.6. The number of aryl methyl sites for hydroxylation is 1. The first-order valence-electron chi connectivity index (χ1n) is 6.87. The molecule has 4 aromatic rings. The number of aromatic nitrogens is 4. The van der Waals surface area contributed by atoms with Crippen LogP contribution in [0.25, 0.3) is 28.1 Å². The van der Waals surface area contributed by atoms with E-state index >= 15 is 0 Å². The zero-order valence-corrected chi connectivity index (χ0v) is 11.6. The van der Waals surface area contributed by atoms with Crippen molar-refractivity contribution >= 4 is 11.0 Å². The number of nitrogens with one attached hydrogen (secondary N) is 1. The Morgan fingerprint density at radius 3 is 2.76 bits per heavy atom. The first-order valence-corrected chi connectivity index (χ1v) is 6.87. The van der Waals surface area contributed by atoms with E-state index in [1.165, 1.54) is 5.56 Å². The van der Waals surface area contributed by atoms with Crippen molar-refractivity contribution in [3.05, 3.63) is 66.5 Å². The summed E-state index contributed by atoms with van der Waals surface area (Å²) in [7, 11) is 0. The van der Waals surface area contributed by atoms with Crippen molar-refractivity contribution in [2.45, 2.75) is 6.92 Å². The Balaban J connectivity index is 1.96. The summed E-state index contributed by atoms with van der Waals surface area (Å²) in [6.07, 6.45) is 3.72. The van der Waals surface area contributed by atoms with Crippen LogP contribution < -0.4 is 0 Å². The Morgan fingerprint density at radius 2 is 1.95 bits per heavy atom. The third-order valence-electron chi connectivity index (χ3n) is 3.55. The van der Waals surface area contributed by atoms with E-state index in [9.17, 15) is 0 Å². The van der Waals surface area contributed by atoms with Gasteiger partial charge in [0.05, 0.1) is 16.7 Å². The van der Waals surface area contributed by atoms with Crippen LogP contribution in [0, 0.1) is 6.92 Å². The normalized spacial score (nSPS) is 11.1. The number of hydrogen-bond acceptors (Lipinski definition) is 2. The van der Waals surface area contributed by atoms with Crippen LogP contribution in [-0.2, 0) is 0 Å². The van der Waals surface area contributed by atoms with Crippen molar-refractivity contribution < 1.29 is 0 Å². The lowest BCUT2D eigenvalue weighted by Crippen LogP contribution is -1.98. The van der Waals surface area contributed by atoms with E-state index in [0.717, 1.165) is 28.1 Å². The summed E-state index contributed by atoms with van der Waals surface area (Å²) in [6, 6.07) is 16.3. The van der Waals surface area contributed by atoms with E-state index < -0.39 is 0 Å². The molecular formula is C17H14N4. The fraction of sp³-hybridized carbons (Fsp3) is 0.0588. The molecule has 102 valence electrons. The molecule has 0 fully saturated rings. The second-order valence-electron chi connectivity index (χ2n) is 5.07. The van der Waals surface area contributed by atoms with Gasteiger partial charge in [-0.1, -0.05) is 23.8 Å². The van der Waals surface area contributed by atoms with Gasteiger partial charge in [0.25, 0.3) is 0 Å². The lowest BCUT2D eigenvalue weighted by Gasteiger charge is -2.08. The number of fused-ring (bicyclic) bond motifs is 1. The van der Waals surface area contributed by atoms with E-state index in [1.54, 1.807) is 6.20 Å². The molecule has 0 amide bonds. The van der Waals surface area contributed by atoms with E-state index in [4.69, 9.17) is 4.98 Å². The number of H-pyrrole nitrogens is 1. The number of hydrogen-bond donors (Lipinski definition) is 1. The minimum Gasteiger partial charge on any atom is -0.338 e. The lowest BCUT2D eigenvalue weighted by molar-refractivity contribution is 0.880. The summed E-state index contributed by atoms with van der Waals surface area (Å²) in [5.41, 5.74) is 5.28. The molecule has 2 heterocycles. The Labute approximate surface area is 122 Å². The predicted molar refractivity (Wildman–Crippen MR) is 83.4 cm³/mol. The molecule has 0 aliphatic carbocycles. The SMILES string of the molecule is Cc1ccc(-n2cccn2)c(-c2nc3ccccc3[nH]2)c1. The van der Waals surface area contributed by atoms with Crippen molar-refractivity contribution in [2.24, 2.45) is 0 Å². The quantitative estimate of drug-likeness (QED) is 0.605. The third-order valence-corrected chi connectivity index (χ3v) is 3.55. The van der Waals surface area contributed by atoms with Crippen molar-refractivity contribution in [1.29, 1.82) is 0 Å². The number of benzene rings is 2. The van der Waals surface area contributed by atoms with Gasteiger partial charge in [-0.05, 0) is 37.3 Å². The van der Waals surface area contributed by atoms with Crippen LogP contribution >= 0.6 is 0 Å². The number of para-hydroxylation sites is 2. The molecule has 4 nitrogen and oxygen atoms in total. The number of aromatic amines is 1. The molecule has 0 aliphatic rings. The average Bonchev–Trinajstić information content (AvgIpc) is 3.16. The summed E-state index contributed by atoms with van der Waals surface area (Å²) < 4.78 is 1.86. The molecule has 1 N–H and O–H groups in total. The highest BCUT2D eigenvalue weighted by atomic mass is 15.3. The highest BCUT2D eigenvalue weighted by molar-refractivity contribution is 5.81. The Morgan fingerprint density at radius 1 is 1.05 bits per heavy atom. The second kappa shape index (κ2) is 4.59. The van der Waals surface area contributed by atoms with Gasteiger partial charge >= 0.3 is 0 Å². The molecule has 0 unspecified atom stereocenters. The Kier molecular flexibility index (Phi) is 2.60. The first-order chi connectivity index (χ1) is 10.3. The molecule has 0 aliphatic heterocycles. The second-order valence-corrected chi connectivity index (χ2v) is 5.07. The zero-order chi connectivity index (χ0) is 14.2. The van der Waals surface area contributed by atoms with E-state index in [1.807, 2.05) is 41.2 Å². The van der Waals surface area contributed by atoms with Gasteiger partial charge < -0.3 is 4.98 Å². The van der Waals surface area contributed by atoms with Crippen LogP contribution in [-0.4, -0.2) is 19.7 Å². The van der Waals surface area contributed by atoms with Crippen LogP contribution in [0.4, 0.5) is 0 Å². The summed E-state index contributed by atoms with van der Waals surface area (Å²) in [5, 5.41) is 4.33. The maximum Gasteiger partial charge on any atom is 0.140 e. The van der Waals surface area contributed by atoms with Gasteiger partial charge in [-0.25, -0.2) is 9.67 Å². The maximum atomic E-state index is 4.70. The summed E-state index contributed by atoms with van der Waals surface area (Å²) in [4.78, 5) is 8.09. The van der Waals surface area contributed by atoms with Crippen LogP contribution in [0.5, 0.6) is 0 Å². The summed E-state index contributed by atoms with van der Waals surface area (Å²) >= 11 is 0. The van der Waals surface area contributed by atoms with Crippen LogP contribution in [0.1, 0.15) is 5.56 Å². The molecule has 0 saturated carbocycles. The molecule has 4 heteroatoms. The van der Waals surface area contributed by atoms with Gasteiger partial charge in [0, 0.05) is 18.0 Å². The molecule has 0 radical (unpaired) electrons. The first kappa shape index (κ1) is 11.9. The van der Waals surface area contributed by atoms with E-state index in [0.29, 0.717) is 0 Å². The molecule has 0 bridgehead atoms.